The van der Waals surface area contributed by atoms with Crippen molar-refractivity contribution in [2.24, 2.45) is 0 Å². The molecule has 0 saturated carbocycles. The van der Waals surface area contributed by atoms with Crippen molar-refractivity contribution in [3.8, 4) is 0 Å². The monoisotopic (exact) mass is 451 g/mol. The molecule has 5 heterocycles. The van der Waals surface area contributed by atoms with E-state index >= 15 is 0 Å². The molecule has 174 valence electrons. The normalized spacial score (nSPS) is 30.7. The van der Waals surface area contributed by atoms with E-state index in [1.54, 1.807) is 12.1 Å². The molecule has 33 heavy (non-hydrogen) atoms. The van der Waals surface area contributed by atoms with Crippen LogP contribution in [0.2, 0.25) is 0 Å². The third-order valence-corrected chi connectivity index (χ3v) is 8.11. The Kier molecular flexibility index (Phi) is 4.99. The number of piperidine rings is 2. The number of amides is 4. The highest BCUT2D eigenvalue weighted by atomic mass is 16.2. The highest BCUT2D eigenvalue weighted by molar-refractivity contribution is 6.23. The minimum Gasteiger partial charge on any atom is -0.371 e. The second-order valence-electron chi connectivity index (χ2n) is 9.89. The zero-order valence-electron chi connectivity index (χ0n) is 18.6. The second-order valence-corrected chi connectivity index (χ2v) is 9.89. The Morgan fingerprint density at radius 3 is 2.18 bits per heavy atom. The summed E-state index contributed by atoms with van der Waals surface area (Å²) in [5.41, 5.74) is 1.63. The van der Waals surface area contributed by atoms with Crippen LogP contribution in [0.3, 0.4) is 0 Å². The van der Waals surface area contributed by atoms with Gasteiger partial charge < -0.3 is 10.2 Å². The molecule has 0 spiro atoms. The van der Waals surface area contributed by atoms with Gasteiger partial charge in [0, 0.05) is 56.4 Å². The standard InChI is InChI=1S/C24H29N5O4/c30-21-6-5-20(22(31)26-21)29-23(32)18-4-3-15(11-19(18)24(29)33)27-9-7-14(8-10-27)28-16-1-2-17(28)13-25-12-16/h3-4,11,14,16-17,20,25H,1-2,5-10,12-13H2,(H,26,30,31). The Morgan fingerprint density at radius 1 is 0.788 bits per heavy atom. The van der Waals surface area contributed by atoms with Gasteiger partial charge in [-0.1, -0.05) is 0 Å². The van der Waals surface area contributed by atoms with Gasteiger partial charge in [0.2, 0.25) is 11.8 Å². The van der Waals surface area contributed by atoms with Crippen molar-refractivity contribution in [2.45, 2.75) is 62.7 Å². The van der Waals surface area contributed by atoms with Gasteiger partial charge in [0.15, 0.2) is 0 Å². The van der Waals surface area contributed by atoms with Crippen LogP contribution < -0.4 is 15.5 Å². The summed E-state index contributed by atoms with van der Waals surface area (Å²) in [5.74, 6) is -1.85. The Labute approximate surface area is 192 Å². The van der Waals surface area contributed by atoms with Crippen molar-refractivity contribution in [3.05, 3.63) is 29.3 Å². The third-order valence-electron chi connectivity index (χ3n) is 8.11. The van der Waals surface area contributed by atoms with Crippen LogP contribution in [0.4, 0.5) is 5.69 Å². The molecule has 5 aliphatic rings. The van der Waals surface area contributed by atoms with Crippen LogP contribution in [-0.4, -0.2) is 83.8 Å². The Bertz CT molecular complexity index is 1020. The lowest BCUT2D eigenvalue weighted by molar-refractivity contribution is -0.136. The molecule has 4 fully saturated rings. The van der Waals surface area contributed by atoms with Crippen LogP contribution in [0, 0.1) is 0 Å². The van der Waals surface area contributed by atoms with Crippen LogP contribution in [0.1, 0.15) is 59.2 Å². The number of nitrogens with zero attached hydrogens (tertiary/aromatic N) is 3. The van der Waals surface area contributed by atoms with E-state index in [1.165, 1.54) is 12.8 Å². The van der Waals surface area contributed by atoms with Crippen LogP contribution in [0.5, 0.6) is 0 Å². The summed E-state index contributed by atoms with van der Waals surface area (Å²) in [6.07, 6.45) is 5.08. The second kappa shape index (κ2) is 7.92. The molecular formula is C24H29N5O4. The molecule has 6 rings (SSSR count). The number of carbonyl (C=O) groups is 4. The lowest BCUT2D eigenvalue weighted by atomic mass is 9.99. The minimum absolute atomic E-state index is 0.124. The lowest BCUT2D eigenvalue weighted by Gasteiger charge is -2.45. The van der Waals surface area contributed by atoms with Crippen LogP contribution in [0.15, 0.2) is 18.2 Å². The molecule has 0 aliphatic carbocycles. The SMILES string of the molecule is O=C1CCC(N2C(=O)c3ccc(N4CCC(N5C6CCC5CNC6)CC4)cc3C2=O)C(=O)N1. The topological polar surface area (TPSA) is 102 Å². The average molecular weight is 452 g/mol. The molecule has 1 aromatic carbocycles. The van der Waals surface area contributed by atoms with E-state index in [0.29, 0.717) is 29.3 Å². The first kappa shape index (κ1) is 20.8. The number of imide groups is 2. The van der Waals surface area contributed by atoms with Crippen molar-refractivity contribution in [3.63, 3.8) is 0 Å². The summed E-state index contributed by atoms with van der Waals surface area (Å²) in [7, 11) is 0. The molecule has 4 saturated heterocycles. The van der Waals surface area contributed by atoms with Gasteiger partial charge in [0.1, 0.15) is 6.04 Å². The van der Waals surface area contributed by atoms with Crippen molar-refractivity contribution in [2.75, 3.05) is 31.1 Å². The molecule has 5 aliphatic heterocycles. The Morgan fingerprint density at radius 2 is 1.48 bits per heavy atom. The first-order valence-electron chi connectivity index (χ1n) is 12.1. The average Bonchev–Trinajstić information content (AvgIpc) is 3.22. The van der Waals surface area contributed by atoms with Crippen molar-refractivity contribution < 1.29 is 19.2 Å². The number of carbonyl (C=O) groups excluding carboxylic acids is 4. The quantitative estimate of drug-likeness (QED) is 0.645. The number of hydrogen-bond acceptors (Lipinski definition) is 7. The molecule has 3 unspecified atom stereocenters. The van der Waals surface area contributed by atoms with E-state index < -0.39 is 23.8 Å². The maximum atomic E-state index is 13.1. The van der Waals surface area contributed by atoms with Gasteiger partial charge in [-0.2, -0.15) is 0 Å². The van der Waals surface area contributed by atoms with Crippen molar-refractivity contribution in [1.29, 1.82) is 0 Å². The number of rotatable bonds is 3. The summed E-state index contributed by atoms with van der Waals surface area (Å²) in [6.45, 7) is 4.04. The lowest BCUT2D eigenvalue weighted by Crippen LogP contribution is -2.58. The van der Waals surface area contributed by atoms with Gasteiger partial charge in [-0.25, -0.2) is 0 Å². The van der Waals surface area contributed by atoms with Gasteiger partial charge in [-0.3, -0.25) is 34.3 Å². The first-order valence-corrected chi connectivity index (χ1v) is 12.1. The highest BCUT2D eigenvalue weighted by Gasteiger charge is 2.45. The molecule has 9 heteroatoms. The van der Waals surface area contributed by atoms with Gasteiger partial charge in [0.05, 0.1) is 11.1 Å². The van der Waals surface area contributed by atoms with Gasteiger partial charge in [0.25, 0.3) is 11.8 Å². The van der Waals surface area contributed by atoms with Gasteiger partial charge in [-0.05, 0) is 50.3 Å². The maximum absolute atomic E-state index is 13.1. The van der Waals surface area contributed by atoms with E-state index in [-0.39, 0.29) is 18.7 Å². The molecule has 2 N–H and O–H groups in total. The Balaban J connectivity index is 1.16. The molecule has 1 aromatic rings. The molecule has 0 radical (unpaired) electrons. The van der Waals surface area contributed by atoms with Gasteiger partial charge in [-0.15, -0.1) is 0 Å². The third kappa shape index (κ3) is 3.36. The number of piperazine rings is 1. The summed E-state index contributed by atoms with van der Waals surface area (Å²) in [6, 6.07) is 6.44. The fourth-order valence-electron chi connectivity index (χ4n) is 6.49. The van der Waals surface area contributed by atoms with Gasteiger partial charge >= 0.3 is 0 Å². The number of nitrogens with one attached hydrogen (secondary N) is 2. The molecule has 9 nitrogen and oxygen atoms in total. The predicted octanol–water partition coefficient (Wildman–Crippen LogP) is 0.493. The van der Waals surface area contributed by atoms with E-state index in [0.717, 1.165) is 49.6 Å². The molecule has 3 atom stereocenters. The van der Waals surface area contributed by atoms with Crippen molar-refractivity contribution in [1.82, 2.24) is 20.4 Å². The number of anilines is 1. The van der Waals surface area contributed by atoms with Crippen molar-refractivity contribution >= 4 is 29.3 Å². The molecule has 2 bridgehead atoms. The van der Waals surface area contributed by atoms with E-state index in [9.17, 15) is 19.2 Å². The summed E-state index contributed by atoms with van der Waals surface area (Å²) < 4.78 is 0. The zero-order chi connectivity index (χ0) is 22.7. The van der Waals surface area contributed by atoms with E-state index in [4.69, 9.17) is 0 Å². The summed E-state index contributed by atoms with van der Waals surface area (Å²) in [4.78, 5) is 55.9. The predicted molar refractivity (Wildman–Crippen MR) is 120 cm³/mol. The first-order chi connectivity index (χ1) is 16.0. The number of hydrogen-bond donors (Lipinski definition) is 2. The highest BCUT2D eigenvalue weighted by Crippen LogP contribution is 2.35. The summed E-state index contributed by atoms with van der Waals surface area (Å²) in [5, 5.41) is 5.80. The maximum Gasteiger partial charge on any atom is 0.262 e. The molecule has 4 amide bonds. The number of fused-ring (bicyclic) bond motifs is 3. The smallest absolute Gasteiger partial charge is 0.262 e. The number of benzene rings is 1. The largest absolute Gasteiger partial charge is 0.371 e. The minimum atomic E-state index is -0.927. The summed E-state index contributed by atoms with van der Waals surface area (Å²) >= 11 is 0. The zero-order valence-corrected chi connectivity index (χ0v) is 18.6. The molecular weight excluding hydrogens is 422 g/mol. The van der Waals surface area contributed by atoms with E-state index in [2.05, 4.69) is 20.4 Å². The van der Waals surface area contributed by atoms with Crippen LogP contribution in [-0.2, 0) is 9.59 Å². The van der Waals surface area contributed by atoms with Crippen LogP contribution >= 0.6 is 0 Å². The fraction of sp³-hybridized carbons (Fsp3) is 0.583. The van der Waals surface area contributed by atoms with E-state index in [1.807, 2.05) is 6.07 Å². The van der Waals surface area contributed by atoms with Crippen LogP contribution in [0.25, 0.3) is 0 Å². The molecule has 0 aromatic heterocycles. The fourth-order valence-corrected chi connectivity index (χ4v) is 6.49. The Hall–Kier alpha value is -2.78.